The van der Waals surface area contributed by atoms with Crippen LogP contribution in [0.15, 0.2) is 60.9 Å². The summed E-state index contributed by atoms with van der Waals surface area (Å²) in [5.74, 6) is 0.820. The first-order valence-electron chi connectivity index (χ1n) is 18.1. The molecule has 296 valence electrons. The third-order valence-corrected chi connectivity index (χ3v) is 8.80. The maximum Gasteiger partial charge on any atom is 0.407 e. The van der Waals surface area contributed by atoms with Gasteiger partial charge in [0.15, 0.2) is 9.84 Å². The quantitative estimate of drug-likeness (QED) is 0.128. The molecule has 2 amide bonds. The lowest BCUT2D eigenvalue weighted by atomic mass is 10.0. The van der Waals surface area contributed by atoms with Crippen molar-refractivity contribution in [2.75, 3.05) is 18.3 Å². The number of carbonyl (C=O) groups is 2. The minimum Gasteiger partial charge on any atom is -0.444 e. The fourth-order valence-corrected chi connectivity index (χ4v) is 6.51. The molecule has 12 nitrogen and oxygen atoms in total. The fraction of sp³-hybridized carbons (Fsp3) is 0.550. The number of aliphatic hydroxyl groups is 1. The van der Waals surface area contributed by atoms with Crippen LogP contribution in [0.2, 0.25) is 0 Å². The Morgan fingerprint density at radius 2 is 1.23 bits per heavy atom. The van der Waals surface area contributed by atoms with E-state index in [0.29, 0.717) is 0 Å². The van der Waals surface area contributed by atoms with E-state index < -0.39 is 27.1 Å². The van der Waals surface area contributed by atoms with Crippen LogP contribution < -0.4 is 10.6 Å². The van der Waals surface area contributed by atoms with Crippen LogP contribution in [-0.2, 0) is 36.9 Å². The Kier molecular flexibility index (Phi) is 17.4. The van der Waals surface area contributed by atoms with Crippen molar-refractivity contribution in [1.82, 2.24) is 20.6 Å². The Morgan fingerprint density at radius 3 is 1.58 bits per heavy atom. The van der Waals surface area contributed by atoms with E-state index in [4.69, 9.17) is 19.3 Å². The number of aromatic nitrogens is 2. The van der Waals surface area contributed by atoms with Gasteiger partial charge in [-0.05, 0) is 104 Å². The lowest BCUT2D eigenvalue weighted by Gasteiger charge is -2.21. The number of carbonyl (C=O) groups excluding carboxylic acids is 2. The third kappa shape index (κ3) is 18.0. The number of hydrogen-bond donors (Lipinski definition) is 5. The molecule has 0 bridgehead atoms. The van der Waals surface area contributed by atoms with Gasteiger partial charge >= 0.3 is 12.2 Å². The summed E-state index contributed by atoms with van der Waals surface area (Å²) >= 11 is 0. The number of H-pyrrole nitrogens is 2. The molecule has 53 heavy (non-hydrogen) atoms. The minimum absolute atomic E-state index is 0.0176. The molecular formula is C40H62N4O8S. The van der Waals surface area contributed by atoms with Crippen molar-refractivity contribution >= 4 is 43.8 Å². The number of para-hydroxylation sites is 2. The van der Waals surface area contributed by atoms with Gasteiger partial charge in [-0.25, -0.2) is 18.0 Å². The topological polar surface area (TPSA) is 172 Å². The summed E-state index contributed by atoms with van der Waals surface area (Å²) in [7, 11) is -2.82. The van der Waals surface area contributed by atoms with Gasteiger partial charge in [0.25, 0.3) is 0 Å². The molecule has 5 rings (SSSR count). The second-order valence-corrected chi connectivity index (χ2v) is 17.9. The van der Waals surface area contributed by atoms with E-state index in [0.717, 1.165) is 24.3 Å². The highest BCUT2D eigenvalue weighted by Gasteiger charge is 2.24. The highest BCUT2D eigenvalue weighted by molar-refractivity contribution is 7.91. The maximum absolute atomic E-state index is 11.7. The molecule has 1 aliphatic heterocycles. The van der Waals surface area contributed by atoms with E-state index >= 15 is 0 Å². The van der Waals surface area contributed by atoms with Crippen molar-refractivity contribution in [2.24, 2.45) is 5.92 Å². The summed E-state index contributed by atoms with van der Waals surface area (Å²) in [6.07, 6.45) is 5.09. The van der Waals surface area contributed by atoms with Crippen molar-refractivity contribution in [3.05, 3.63) is 72.1 Å². The standard InChI is InChI=1S/C16H22N2O2.C12H15N.C8H17NO3.C4H8O3S/c1-11(18-15(19)20-16(2,3)4)9-12-10-17-14-8-6-5-7-13(12)14;1-9(2)7-10-8-13-12-6-4-3-5-11(10)12;1-6(5-10)9-7(11)12-8(2,3)4;1-4-2-8(5,6)3-7-4/h5-8,10-11,17H,9H2,1-4H3,(H,18,19);3-6,8-9,13H,7H2,1-2H3;6,10H,5H2,1-4H3,(H,9,11);4H,2-3H2,1H3/t11-;;6-;4-/m1.10/s1. The van der Waals surface area contributed by atoms with Crippen LogP contribution in [0.1, 0.15) is 87.3 Å². The molecular weight excluding hydrogens is 697 g/mol. The summed E-state index contributed by atoms with van der Waals surface area (Å²) in [4.78, 5) is 29.2. The van der Waals surface area contributed by atoms with Crippen LogP contribution in [0, 0.1) is 5.92 Å². The number of benzene rings is 2. The summed E-state index contributed by atoms with van der Waals surface area (Å²) in [5, 5.41) is 16.5. The number of hydrogen-bond acceptors (Lipinski definition) is 8. The van der Waals surface area contributed by atoms with E-state index in [1.165, 1.54) is 27.4 Å². The van der Waals surface area contributed by atoms with Gasteiger partial charge in [0, 0.05) is 40.2 Å². The molecule has 2 aromatic carbocycles. The van der Waals surface area contributed by atoms with Crippen molar-refractivity contribution in [3.63, 3.8) is 0 Å². The normalized spacial score (nSPS) is 16.2. The van der Waals surface area contributed by atoms with Gasteiger partial charge in [-0.1, -0.05) is 50.2 Å². The zero-order chi connectivity index (χ0) is 40.0. The highest BCUT2D eigenvalue weighted by atomic mass is 32.2. The smallest absolute Gasteiger partial charge is 0.407 e. The third-order valence-electron chi connectivity index (χ3n) is 7.32. The SMILES string of the molecule is CC(C)Cc1c[nH]c2ccccc12.C[C@H](CO)NC(=O)OC(C)(C)C.C[C@H](Cc1c[nH]c2ccccc12)NC(=O)OC(C)(C)C.C[C@H]1CS(=O)(=O)CO1. The summed E-state index contributed by atoms with van der Waals surface area (Å²) in [5.41, 5.74) is 4.05. The van der Waals surface area contributed by atoms with Crippen LogP contribution in [0.5, 0.6) is 0 Å². The first-order chi connectivity index (χ1) is 24.6. The molecule has 5 N–H and O–H groups in total. The molecule has 0 saturated carbocycles. The molecule has 2 aromatic heterocycles. The number of ether oxygens (including phenoxy) is 3. The van der Waals surface area contributed by atoms with Crippen LogP contribution in [0.3, 0.4) is 0 Å². The average molecular weight is 759 g/mol. The highest BCUT2D eigenvalue weighted by Crippen LogP contribution is 2.21. The van der Waals surface area contributed by atoms with E-state index in [2.05, 4.69) is 71.0 Å². The summed E-state index contributed by atoms with van der Waals surface area (Å²) < 4.78 is 36.0. The second-order valence-electron chi connectivity index (χ2n) is 15.8. The van der Waals surface area contributed by atoms with Gasteiger partial charge in [-0.3, -0.25) is 0 Å². The van der Waals surface area contributed by atoms with Gasteiger partial charge < -0.3 is 39.9 Å². The lowest BCUT2D eigenvalue weighted by molar-refractivity contribution is 0.0484. The Hall–Kier alpha value is -4.07. The number of sulfone groups is 1. The van der Waals surface area contributed by atoms with Crippen molar-refractivity contribution in [1.29, 1.82) is 0 Å². The molecule has 0 spiro atoms. The molecule has 13 heteroatoms. The zero-order valence-corrected chi connectivity index (χ0v) is 34.1. The summed E-state index contributed by atoms with van der Waals surface area (Å²) in [6.45, 7) is 20.8. The number of fused-ring (bicyclic) bond motifs is 2. The Labute approximate surface area is 315 Å². The van der Waals surface area contributed by atoms with Crippen LogP contribution in [0.4, 0.5) is 9.59 Å². The summed E-state index contributed by atoms with van der Waals surface area (Å²) in [6, 6.07) is 16.4. The van der Waals surface area contributed by atoms with Crippen LogP contribution in [-0.4, -0.2) is 83.4 Å². The largest absolute Gasteiger partial charge is 0.444 e. The lowest BCUT2D eigenvalue weighted by Crippen LogP contribution is -2.39. The predicted octanol–water partition coefficient (Wildman–Crippen LogP) is 7.66. The Balaban J connectivity index is 0.000000258. The molecule has 0 radical (unpaired) electrons. The number of rotatable bonds is 7. The van der Waals surface area contributed by atoms with Gasteiger partial charge in [0.2, 0.25) is 0 Å². The van der Waals surface area contributed by atoms with Gasteiger partial charge in [0.1, 0.15) is 17.1 Å². The maximum atomic E-state index is 11.7. The molecule has 0 unspecified atom stereocenters. The molecule has 3 heterocycles. The molecule has 0 aliphatic carbocycles. The molecule has 1 fully saturated rings. The number of nitrogens with one attached hydrogen (secondary N) is 4. The molecule has 1 saturated heterocycles. The average Bonchev–Trinajstić information content (AvgIpc) is 3.72. The monoisotopic (exact) mass is 758 g/mol. The number of amides is 2. The molecule has 1 aliphatic rings. The van der Waals surface area contributed by atoms with Gasteiger partial charge in [0.05, 0.1) is 24.5 Å². The molecule has 3 atom stereocenters. The minimum atomic E-state index is -2.82. The van der Waals surface area contributed by atoms with Gasteiger partial charge in [-0.15, -0.1) is 0 Å². The van der Waals surface area contributed by atoms with Crippen molar-refractivity contribution in [3.8, 4) is 0 Å². The van der Waals surface area contributed by atoms with Crippen LogP contribution >= 0.6 is 0 Å². The number of aromatic amines is 2. The van der Waals surface area contributed by atoms with Crippen molar-refractivity contribution in [2.45, 2.75) is 118 Å². The van der Waals surface area contributed by atoms with Crippen molar-refractivity contribution < 1.29 is 37.3 Å². The zero-order valence-electron chi connectivity index (χ0n) is 33.3. The Bertz CT molecular complexity index is 1820. The first-order valence-corrected chi connectivity index (χ1v) is 19.9. The second kappa shape index (κ2) is 20.4. The van der Waals surface area contributed by atoms with E-state index in [1.54, 1.807) is 34.6 Å². The van der Waals surface area contributed by atoms with E-state index in [-0.39, 0.29) is 42.6 Å². The predicted molar refractivity (Wildman–Crippen MR) is 213 cm³/mol. The van der Waals surface area contributed by atoms with Crippen LogP contribution in [0.25, 0.3) is 21.8 Å². The van der Waals surface area contributed by atoms with Gasteiger partial charge in [-0.2, -0.15) is 0 Å². The fourth-order valence-electron chi connectivity index (χ4n) is 5.16. The Morgan fingerprint density at radius 1 is 0.792 bits per heavy atom. The number of aliphatic hydroxyl groups excluding tert-OH is 1. The first kappa shape index (κ1) is 45.1. The number of alkyl carbamates (subject to hydrolysis) is 2. The van der Waals surface area contributed by atoms with E-state index in [1.807, 2.05) is 52.1 Å². The van der Waals surface area contributed by atoms with E-state index in [9.17, 15) is 18.0 Å². The molecule has 4 aromatic rings.